The molecule has 0 saturated carbocycles. The van der Waals surface area contributed by atoms with E-state index in [4.69, 9.17) is 0 Å². The van der Waals surface area contributed by atoms with E-state index in [1.807, 2.05) is 6.92 Å². The zero-order valence-corrected chi connectivity index (χ0v) is 12.5. The van der Waals surface area contributed by atoms with Crippen molar-refractivity contribution in [1.29, 1.82) is 0 Å². The number of aliphatic hydroxyl groups is 1. The van der Waals surface area contributed by atoms with Crippen molar-refractivity contribution >= 4 is 5.69 Å². The highest BCUT2D eigenvalue weighted by Crippen LogP contribution is 2.39. The van der Waals surface area contributed by atoms with Gasteiger partial charge in [-0.2, -0.15) is 0 Å². The summed E-state index contributed by atoms with van der Waals surface area (Å²) in [6, 6.07) is 8.47. The molecule has 19 heavy (non-hydrogen) atoms. The molecule has 2 nitrogen and oxygen atoms in total. The Hall–Kier alpha value is -1.02. The molecule has 1 saturated heterocycles. The number of anilines is 1. The number of nitrogens with zero attached hydrogens (tertiary/aromatic N) is 1. The lowest BCUT2D eigenvalue weighted by Crippen LogP contribution is -2.26. The largest absolute Gasteiger partial charge is 0.388 e. The Kier molecular flexibility index (Phi) is 4.51. The molecule has 0 aliphatic carbocycles. The van der Waals surface area contributed by atoms with Crippen LogP contribution in [0, 0.1) is 5.41 Å². The SMILES string of the molecule is CC[C@H](O)c1ccc(N2CCC(CC)(CC)C2)cc1. The van der Waals surface area contributed by atoms with Gasteiger partial charge in [0.15, 0.2) is 0 Å². The molecule has 0 radical (unpaired) electrons. The summed E-state index contributed by atoms with van der Waals surface area (Å²) in [5.41, 5.74) is 2.85. The first kappa shape index (κ1) is 14.4. The maximum Gasteiger partial charge on any atom is 0.0787 e. The summed E-state index contributed by atoms with van der Waals surface area (Å²) in [7, 11) is 0. The van der Waals surface area contributed by atoms with Crippen LogP contribution < -0.4 is 4.90 Å². The smallest absolute Gasteiger partial charge is 0.0787 e. The van der Waals surface area contributed by atoms with E-state index in [0.29, 0.717) is 5.41 Å². The van der Waals surface area contributed by atoms with E-state index < -0.39 is 0 Å². The van der Waals surface area contributed by atoms with Crippen LogP contribution in [-0.4, -0.2) is 18.2 Å². The van der Waals surface area contributed by atoms with Crippen LogP contribution in [0.15, 0.2) is 24.3 Å². The van der Waals surface area contributed by atoms with Crippen LogP contribution >= 0.6 is 0 Å². The molecule has 1 fully saturated rings. The fraction of sp³-hybridized carbons (Fsp3) is 0.647. The molecule has 1 aromatic carbocycles. The van der Waals surface area contributed by atoms with Crippen molar-refractivity contribution in [2.24, 2.45) is 5.41 Å². The van der Waals surface area contributed by atoms with Crippen LogP contribution in [0.5, 0.6) is 0 Å². The van der Waals surface area contributed by atoms with Gasteiger partial charge in [-0.1, -0.05) is 32.9 Å². The van der Waals surface area contributed by atoms with Gasteiger partial charge in [-0.05, 0) is 48.8 Å². The minimum Gasteiger partial charge on any atom is -0.388 e. The molecule has 0 bridgehead atoms. The molecule has 1 heterocycles. The number of hydrogen-bond donors (Lipinski definition) is 1. The van der Waals surface area contributed by atoms with Gasteiger partial charge in [-0.25, -0.2) is 0 Å². The van der Waals surface area contributed by atoms with E-state index in [9.17, 15) is 5.11 Å². The lowest BCUT2D eigenvalue weighted by molar-refractivity contribution is 0.173. The fourth-order valence-electron chi connectivity index (χ4n) is 3.13. The molecule has 1 N–H and O–H groups in total. The van der Waals surface area contributed by atoms with Gasteiger partial charge in [0.1, 0.15) is 0 Å². The molecule has 2 rings (SSSR count). The molecule has 1 aliphatic rings. The second-order valence-corrected chi connectivity index (χ2v) is 5.89. The van der Waals surface area contributed by atoms with Gasteiger partial charge >= 0.3 is 0 Å². The van der Waals surface area contributed by atoms with Gasteiger partial charge < -0.3 is 10.0 Å². The van der Waals surface area contributed by atoms with Crippen LogP contribution in [0.2, 0.25) is 0 Å². The first-order chi connectivity index (χ1) is 9.14. The average molecular weight is 261 g/mol. The first-order valence-electron chi connectivity index (χ1n) is 7.67. The lowest BCUT2D eigenvalue weighted by Gasteiger charge is -2.27. The Labute approximate surface area is 117 Å². The highest BCUT2D eigenvalue weighted by atomic mass is 16.3. The third-order valence-electron chi connectivity index (χ3n) is 4.97. The maximum absolute atomic E-state index is 9.83. The summed E-state index contributed by atoms with van der Waals surface area (Å²) in [5.74, 6) is 0. The summed E-state index contributed by atoms with van der Waals surface area (Å²) in [5, 5.41) is 9.83. The number of rotatable bonds is 5. The van der Waals surface area contributed by atoms with Crippen molar-refractivity contribution < 1.29 is 5.11 Å². The average Bonchev–Trinajstić information content (AvgIpc) is 2.92. The summed E-state index contributed by atoms with van der Waals surface area (Å²) in [6.07, 6.45) is 4.30. The monoisotopic (exact) mass is 261 g/mol. The van der Waals surface area contributed by atoms with E-state index in [1.54, 1.807) is 0 Å². The van der Waals surface area contributed by atoms with Crippen molar-refractivity contribution in [3.8, 4) is 0 Å². The van der Waals surface area contributed by atoms with Gasteiger partial charge in [0.05, 0.1) is 6.10 Å². The standard InChI is InChI=1S/C17H27NO/c1-4-16(19)14-7-9-15(10-8-14)18-12-11-17(5-2,6-3)13-18/h7-10,16,19H,4-6,11-13H2,1-3H3/t16-/m0/s1. The molecule has 0 spiro atoms. The van der Waals surface area contributed by atoms with Crippen molar-refractivity contribution in [1.82, 2.24) is 0 Å². The van der Waals surface area contributed by atoms with Crippen LogP contribution in [0.4, 0.5) is 5.69 Å². The number of aliphatic hydroxyl groups excluding tert-OH is 1. The predicted octanol–water partition coefficient (Wildman–Crippen LogP) is 4.15. The van der Waals surface area contributed by atoms with Gasteiger partial charge in [0, 0.05) is 18.8 Å². The minimum absolute atomic E-state index is 0.321. The van der Waals surface area contributed by atoms with Crippen molar-refractivity contribution in [2.45, 2.75) is 52.6 Å². The van der Waals surface area contributed by atoms with Crippen LogP contribution in [0.1, 0.15) is 58.1 Å². The molecular formula is C17H27NO. The van der Waals surface area contributed by atoms with Crippen molar-refractivity contribution in [2.75, 3.05) is 18.0 Å². The van der Waals surface area contributed by atoms with Crippen LogP contribution in [-0.2, 0) is 0 Å². The molecule has 1 aliphatic heterocycles. The zero-order chi connectivity index (χ0) is 13.9. The molecule has 106 valence electrons. The van der Waals surface area contributed by atoms with Crippen LogP contribution in [0.25, 0.3) is 0 Å². The van der Waals surface area contributed by atoms with Crippen LogP contribution in [0.3, 0.4) is 0 Å². The lowest BCUT2D eigenvalue weighted by atomic mass is 9.82. The summed E-state index contributed by atoms with van der Waals surface area (Å²) in [6.45, 7) is 8.98. The Morgan fingerprint density at radius 2 is 1.79 bits per heavy atom. The summed E-state index contributed by atoms with van der Waals surface area (Å²) in [4.78, 5) is 2.50. The maximum atomic E-state index is 9.83. The third-order valence-corrected chi connectivity index (χ3v) is 4.97. The first-order valence-corrected chi connectivity index (χ1v) is 7.67. The van der Waals surface area contributed by atoms with E-state index in [-0.39, 0.29) is 6.10 Å². The summed E-state index contributed by atoms with van der Waals surface area (Å²) >= 11 is 0. The normalized spacial score (nSPS) is 19.7. The minimum atomic E-state index is -0.321. The molecule has 1 atom stereocenters. The number of hydrogen-bond acceptors (Lipinski definition) is 2. The Morgan fingerprint density at radius 1 is 1.16 bits per heavy atom. The Bertz CT molecular complexity index is 394. The molecule has 0 amide bonds. The van der Waals surface area contributed by atoms with Crippen molar-refractivity contribution in [3.05, 3.63) is 29.8 Å². The van der Waals surface area contributed by atoms with E-state index in [0.717, 1.165) is 18.5 Å². The van der Waals surface area contributed by atoms with E-state index >= 15 is 0 Å². The van der Waals surface area contributed by atoms with E-state index in [2.05, 4.69) is 43.0 Å². The van der Waals surface area contributed by atoms with Gasteiger partial charge in [-0.15, -0.1) is 0 Å². The van der Waals surface area contributed by atoms with Gasteiger partial charge in [-0.3, -0.25) is 0 Å². The molecule has 0 aromatic heterocycles. The predicted molar refractivity (Wildman–Crippen MR) is 81.5 cm³/mol. The highest BCUT2D eigenvalue weighted by molar-refractivity contribution is 5.49. The number of benzene rings is 1. The Balaban J connectivity index is 2.08. The van der Waals surface area contributed by atoms with Crippen molar-refractivity contribution in [3.63, 3.8) is 0 Å². The highest BCUT2D eigenvalue weighted by Gasteiger charge is 2.34. The quantitative estimate of drug-likeness (QED) is 0.861. The Morgan fingerprint density at radius 3 is 2.26 bits per heavy atom. The topological polar surface area (TPSA) is 23.5 Å². The summed E-state index contributed by atoms with van der Waals surface area (Å²) < 4.78 is 0. The second kappa shape index (κ2) is 5.96. The van der Waals surface area contributed by atoms with Gasteiger partial charge in [0.2, 0.25) is 0 Å². The third kappa shape index (κ3) is 2.94. The zero-order valence-electron chi connectivity index (χ0n) is 12.5. The molecular weight excluding hydrogens is 234 g/mol. The molecule has 0 unspecified atom stereocenters. The second-order valence-electron chi connectivity index (χ2n) is 5.89. The fourth-order valence-corrected chi connectivity index (χ4v) is 3.13. The van der Waals surface area contributed by atoms with Gasteiger partial charge in [0.25, 0.3) is 0 Å². The van der Waals surface area contributed by atoms with E-state index in [1.165, 1.54) is 31.5 Å². The molecule has 2 heteroatoms. The molecule has 1 aromatic rings.